The largest absolute Gasteiger partial charge is 0.366 e. The van der Waals surface area contributed by atoms with E-state index in [-0.39, 0.29) is 11.1 Å². The maximum absolute atomic E-state index is 12.4. The molecule has 2 heterocycles. The second-order valence-electron chi connectivity index (χ2n) is 9.84. The van der Waals surface area contributed by atoms with Crippen LogP contribution < -0.4 is 16.9 Å². The number of aromatic amines is 2. The first-order valence-electron chi connectivity index (χ1n) is 12.8. The van der Waals surface area contributed by atoms with Crippen LogP contribution in [0, 0.1) is 13.8 Å². The quantitative estimate of drug-likeness (QED) is 0.274. The molecule has 6 heteroatoms. The van der Waals surface area contributed by atoms with Crippen molar-refractivity contribution in [2.75, 3.05) is 0 Å². The molecule has 1 amide bonds. The molecule has 39 heavy (non-hydrogen) atoms. The lowest BCUT2D eigenvalue weighted by Gasteiger charge is -2.16. The van der Waals surface area contributed by atoms with Crippen LogP contribution in [0.4, 0.5) is 0 Å². The zero-order valence-electron chi connectivity index (χ0n) is 21.9. The summed E-state index contributed by atoms with van der Waals surface area (Å²) in [4.78, 5) is 41.3. The molecule has 0 saturated carbocycles. The number of rotatable bonds is 7. The minimum absolute atomic E-state index is 0.135. The normalized spacial score (nSPS) is 10.9. The SMILES string of the molecule is Cc1cc(Cc2cccc(C(N)=O)c2Cc2ccc(-c3cc[nH]c(=O)c3)c(C)c2)ccc1-c1cc[nH]c(=O)c1. The van der Waals surface area contributed by atoms with E-state index in [9.17, 15) is 14.4 Å². The van der Waals surface area contributed by atoms with Gasteiger partial charge in [-0.3, -0.25) is 14.4 Å². The van der Waals surface area contributed by atoms with Crippen molar-refractivity contribution in [3.8, 4) is 22.3 Å². The molecule has 6 nitrogen and oxygen atoms in total. The molecule has 0 unspecified atom stereocenters. The Hall–Kier alpha value is -4.97. The van der Waals surface area contributed by atoms with E-state index in [1.54, 1.807) is 30.6 Å². The fourth-order valence-corrected chi connectivity index (χ4v) is 5.21. The van der Waals surface area contributed by atoms with Gasteiger partial charge in [0.25, 0.3) is 0 Å². The van der Waals surface area contributed by atoms with Gasteiger partial charge < -0.3 is 15.7 Å². The summed E-state index contributed by atoms with van der Waals surface area (Å²) in [7, 11) is 0. The van der Waals surface area contributed by atoms with Crippen molar-refractivity contribution in [1.82, 2.24) is 9.97 Å². The number of hydrogen-bond acceptors (Lipinski definition) is 3. The summed E-state index contributed by atoms with van der Waals surface area (Å²) in [6, 6.07) is 25.0. The number of carbonyl (C=O) groups excluding carboxylic acids is 1. The molecular formula is C33H29N3O3. The number of aromatic nitrogens is 2. The first kappa shape index (κ1) is 25.7. The van der Waals surface area contributed by atoms with Crippen LogP contribution >= 0.6 is 0 Å². The molecule has 0 saturated heterocycles. The number of nitrogens with two attached hydrogens (primary N) is 1. The average Bonchev–Trinajstić information content (AvgIpc) is 2.89. The Balaban J connectivity index is 1.47. The smallest absolute Gasteiger partial charge is 0.248 e. The summed E-state index contributed by atoms with van der Waals surface area (Å²) >= 11 is 0. The van der Waals surface area contributed by atoms with E-state index >= 15 is 0 Å². The molecule has 0 aliphatic heterocycles. The van der Waals surface area contributed by atoms with Crippen molar-refractivity contribution >= 4 is 5.91 Å². The molecule has 194 valence electrons. The van der Waals surface area contributed by atoms with Crippen LogP contribution in [-0.2, 0) is 12.8 Å². The summed E-state index contributed by atoms with van der Waals surface area (Å²) in [5.41, 5.74) is 16.0. The molecule has 3 aromatic carbocycles. The highest BCUT2D eigenvalue weighted by Gasteiger charge is 2.15. The summed E-state index contributed by atoms with van der Waals surface area (Å²) in [6.45, 7) is 4.05. The molecule has 4 N–H and O–H groups in total. The predicted molar refractivity (Wildman–Crippen MR) is 155 cm³/mol. The van der Waals surface area contributed by atoms with Gasteiger partial charge in [-0.25, -0.2) is 0 Å². The van der Waals surface area contributed by atoms with Crippen LogP contribution in [0.25, 0.3) is 22.3 Å². The minimum Gasteiger partial charge on any atom is -0.366 e. The highest BCUT2D eigenvalue weighted by molar-refractivity contribution is 5.94. The Morgan fingerprint density at radius 3 is 1.72 bits per heavy atom. The lowest BCUT2D eigenvalue weighted by molar-refractivity contribution is 0.0999. The van der Waals surface area contributed by atoms with Gasteiger partial charge in [-0.1, -0.05) is 48.5 Å². The van der Waals surface area contributed by atoms with Gasteiger partial charge in [-0.05, 0) is 101 Å². The molecule has 0 bridgehead atoms. The van der Waals surface area contributed by atoms with Crippen LogP contribution in [-0.4, -0.2) is 15.9 Å². The van der Waals surface area contributed by atoms with Crippen molar-refractivity contribution < 1.29 is 4.79 Å². The van der Waals surface area contributed by atoms with Gasteiger partial charge in [0.1, 0.15) is 0 Å². The zero-order chi connectivity index (χ0) is 27.5. The number of nitrogens with one attached hydrogen (secondary N) is 2. The van der Waals surface area contributed by atoms with Crippen LogP contribution in [0.5, 0.6) is 0 Å². The molecule has 0 spiro atoms. The fraction of sp³-hybridized carbons (Fsp3) is 0.121. The fourth-order valence-electron chi connectivity index (χ4n) is 5.21. The van der Waals surface area contributed by atoms with Crippen LogP contribution in [0.15, 0.2) is 101 Å². The molecule has 5 rings (SSSR count). The standard InChI is InChI=1S/C33H29N3O3/c1-20-14-22(6-8-27(20)25-10-12-35-31(37)18-25)16-24-4-3-5-29(33(34)39)30(24)17-23-7-9-28(21(2)15-23)26-11-13-36-32(38)19-26/h3-15,18-19H,16-17H2,1-2H3,(H2,34,39)(H,35,37)(H,36,38). The van der Waals surface area contributed by atoms with E-state index in [1.807, 2.05) is 56.3 Å². The van der Waals surface area contributed by atoms with E-state index in [2.05, 4.69) is 28.2 Å². The van der Waals surface area contributed by atoms with Crippen LogP contribution in [0.3, 0.4) is 0 Å². The Kier molecular flexibility index (Phi) is 7.10. The number of amides is 1. The van der Waals surface area contributed by atoms with E-state index in [0.29, 0.717) is 18.4 Å². The summed E-state index contributed by atoms with van der Waals surface area (Å²) in [5.74, 6) is -0.454. The highest BCUT2D eigenvalue weighted by atomic mass is 16.1. The van der Waals surface area contributed by atoms with Crippen molar-refractivity contribution in [3.63, 3.8) is 0 Å². The lowest BCUT2D eigenvalue weighted by atomic mass is 9.89. The number of primary amides is 1. The molecule has 0 fully saturated rings. The van der Waals surface area contributed by atoms with E-state index in [4.69, 9.17) is 5.73 Å². The monoisotopic (exact) mass is 515 g/mol. The topological polar surface area (TPSA) is 109 Å². The average molecular weight is 516 g/mol. The van der Waals surface area contributed by atoms with E-state index < -0.39 is 5.91 Å². The van der Waals surface area contributed by atoms with Gasteiger partial charge >= 0.3 is 0 Å². The summed E-state index contributed by atoms with van der Waals surface area (Å²) in [6.07, 6.45) is 4.49. The maximum atomic E-state index is 12.4. The maximum Gasteiger partial charge on any atom is 0.248 e. The zero-order valence-corrected chi connectivity index (χ0v) is 21.9. The second-order valence-corrected chi connectivity index (χ2v) is 9.84. The molecule has 0 aliphatic rings. The van der Waals surface area contributed by atoms with Crippen molar-refractivity contribution in [2.45, 2.75) is 26.7 Å². The van der Waals surface area contributed by atoms with Gasteiger partial charge in [0.2, 0.25) is 17.0 Å². The van der Waals surface area contributed by atoms with Gasteiger partial charge in [0.05, 0.1) is 0 Å². The summed E-state index contributed by atoms with van der Waals surface area (Å²) in [5, 5.41) is 0. The van der Waals surface area contributed by atoms with Gasteiger partial charge in [-0.2, -0.15) is 0 Å². The predicted octanol–water partition coefficient (Wildman–Crippen LogP) is 5.29. The van der Waals surface area contributed by atoms with Crippen LogP contribution in [0.1, 0.15) is 43.7 Å². The number of H-pyrrole nitrogens is 2. The molecule has 5 aromatic rings. The van der Waals surface area contributed by atoms with Crippen molar-refractivity contribution in [2.24, 2.45) is 5.73 Å². The number of carbonyl (C=O) groups is 1. The molecule has 0 radical (unpaired) electrons. The first-order valence-corrected chi connectivity index (χ1v) is 12.8. The van der Waals surface area contributed by atoms with Gasteiger partial charge in [0.15, 0.2) is 0 Å². The molecule has 2 aromatic heterocycles. The number of hydrogen-bond donors (Lipinski definition) is 3. The number of aryl methyl sites for hydroxylation is 2. The van der Waals surface area contributed by atoms with Crippen molar-refractivity contribution in [3.05, 3.63) is 151 Å². The Morgan fingerprint density at radius 1 is 0.692 bits per heavy atom. The minimum atomic E-state index is -0.454. The van der Waals surface area contributed by atoms with E-state index in [1.165, 1.54) is 0 Å². The Morgan fingerprint density at radius 2 is 1.23 bits per heavy atom. The first-order chi connectivity index (χ1) is 18.8. The third kappa shape index (κ3) is 5.65. The summed E-state index contributed by atoms with van der Waals surface area (Å²) < 4.78 is 0. The van der Waals surface area contributed by atoms with Gasteiger partial charge in [-0.15, -0.1) is 0 Å². The Bertz CT molecular complexity index is 1810. The number of pyridine rings is 2. The van der Waals surface area contributed by atoms with Gasteiger partial charge in [0, 0.05) is 30.1 Å². The third-order valence-corrected chi connectivity index (χ3v) is 7.07. The van der Waals surface area contributed by atoms with Crippen molar-refractivity contribution in [1.29, 1.82) is 0 Å². The van der Waals surface area contributed by atoms with Crippen LogP contribution in [0.2, 0.25) is 0 Å². The van der Waals surface area contributed by atoms with E-state index in [0.717, 1.165) is 55.6 Å². The third-order valence-electron chi connectivity index (χ3n) is 7.07. The second kappa shape index (κ2) is 10.8. The highest BCUT2D eigenvalue weighted by Crippen LogP contribution is 2.28. The molecule has 0 atom stereocenters. The Labute approximate surface area is 226 Å². The molecule has 0 aliphatic carbocycles. The number of benzene rings is 3. The molecular weight excluding hydrogens is 486 g/mol. The lowest BCUT2D eigenvalue weighted by Crippen LogP contribution is -2.15.